The number of ether oxygens (including phenoxy) is 3. The minimum absolute atomic E-state index is 0.0268. The second kappa shape index (κ2) is 18.1. The van der Waals surface area contributed by atoms with E-state index in [1.807, 2.05) is 0 Å². The largest absolute Gasteiger partial charge is 0.508 e. The number of aromatic carboxylic acids is 2. The standard InChI is InChI=1S/C34H48O12/c1-3-5-7-9-11-13-20-15-22(36)17-24(27(20)32(40)41)45-25-18-23(44-34-31(39)30(38)29(37)26(19-35)46-34)16-21(28(25)33(42)43)14-12-10-8-6-4-2/h15-18,26,29-31,34-39H,3-14,19H2,1-2H3,(H,40,41)(H,42,43)/t26-,29-,30+,31-,34-/m1/s1. The van der Waals surface area contributed by atoms with Gasteiger partial charge in [-0.1, -0.05) is 65.2 Å². The molecule has 256 valence electrons. The lowest BCUT2D eigenvalue weighted by Gasteiger charge is -2.39. The van der Waals surface area contributed by atoms with E-state index in [1.54, 1.807) is 0 Å². The van der Waals surface area contributed by atoms with Crippen molar-refractivity contribution in [3.63, 3.8) is 0 Å². The van der Waals surface area contributed by atoms with E-state index in [-0.39, 0.29) is 34.1 Å². The molecule has 46 heavy (non-hydrogen) atoms. The molecule has 0 aromatic heterocycles. The summed E-state index contributed by atoms with van der Waals surface area (Å²) in [7, 11) is 0. The van der Waals surface area contributed by atoms with Crippen LogP contribution in [-0.4, -0.2) is 85.0 Å². The Kier molecular flexibility index (Phi) is 14.5. The van der Waals surface area contributed by atoms with Gasteiger partial charge in [0.25, 0.3) is 0 Å². The third kappa shape index (κ3) is 9.79. The van der Waals surface area contributed by atoms with Gasteiger partial charge in [-0.15, -0.1) is 0 Å². The van der Waals surface area contributed by atoms with Crippen LogP contribution in [0.2, 0.25) is 0 Å². The van der Waals surface area contributed by atoms with Crippen LogP contribution in [0.5, 0.6) is 23.0 Å². The van der Waals surface area contributed by atoms with Crippen LogP contribution in [0.3, 0.4) is 0 Å². The molecule has 0 radical (unpaired) electrons. The van der Waals surface area contributed by atoms with Gasteiger partial charge in [0.05, 0.1) is 6.61 Å². The second-order valence-electron chi connectivity index (χ2n) is 11.8. The van der Waals surface area contributed by atoms with E-state index in [0.29, 0.717) is 36.8 Å². The van der Waals surface area contributed by atoms with Crippen LogP contribution in [0.15, 0.2) is 24.3 Å². The summed E-state index contributed by atoms with van der Waals surface area (Å²) >= 11 is 0. The highest BCUT2D eigenvalue weighted by Crippen LogP contribution is 2.39. The first kappa shape index (κ1) is 37.0. The maximum absolute atomic E-state index is 12.6. The van der Waals surface area contributed by atoms with Crippen LogP contribution in [0, 0.1) is 0 Å². The zero-order chi connectivity index (χ0) is 33.8. The van der Waals surface area contributed by atoms with E-state index in [9.17, 15) is 45.3 Å². The Labute approximate surface area is 269 Å². The van der Waals surface area contributed by atoms with Gasteiger partial charge in [-0.25, -0.2) is 9.59 Å². The fraction of sp³-hybridized carbons (Fsp3) is 0.588. The summed E-state index contributed by atoms with van der Waals surface area (Å²) in [6.07, 6.45) is 2.00. The highest BCUT2D eigenvalue weighted by Gasteiger charge is 2.45. The quantitative estimate of drug-likeness (QED) is 0.103. The van der Waals surface area contributed by atoms with Crippen LogP contribution in [-0.2, 0) is 17.6 Å². The fourth-order valence-electron chi connectivity index (χ4n) is 5.67. The summed E-state index contributed by atoms with van der Waals surface area (Å²) in [4.78, 5) is 25.1. The Morgan fingerprint density at radius 1 is 0.717 bits per heavy atom. The lowest BCUT2D eigenvalue weighted by atomic mass is 9.98. The van der Waals surface area contributed by atoms with Crippen molar-refractivity contribution in [2.45, 2.75) is 122 Å². The normalized spacial score (nSPS) is 21.2. The average molecular weight is 649 g/mol. The molecule has 2 aromatic carbocycles. The van der Waals surface area contributed by atoms with Gasteiger partial charge in [0, 0.05) is 12.1 Å². The van der Waals surface area contributed by atoms with Crippen molar-refractivity contribution >= 4 is 11.9 Å². The van der Waals surface area contributed by atoms with Gasteiger partial charge in [0.1, 0.15) is 58.5 Å². The molecule has 1 fully saturated rings. The Morgan fingerprint density at radius 3 is 1.76 bits per heavy atom. The van der Waals surface area contributed by atoms with E-state index in [0.717, 1.165) is 57.4 Å². The van der Waals surface area contributed by atoms with Crippen LogP contribution >= 0.6 is 0 Å². The Morgan fingerprint density at radius 2 is 1.24 bits per heavy atom. The summed E-state index contributed by atoms with van der Waals surface area (Å²) in [5.41, 5.74) is 0.235. The number of carboxylic acids is 2. The number of phenols is 1. The van der Waals surface area contributed by atoms with Gasteiger partial charge in [0.15, 0.2) is 0 Å². The zero-order valence-corrected chi connectivity index (χ0v) is 26.6. The molecule has 0 aliphatic carbocycles. The highest BCUT2D eigenvalue weighted by molar-refractivity contribution is 5.95. The van der Waals surface area contributed by atoms with Crippen LogP contribution in [0.1, 0.15) is 110 Å². The van der Waals surface area contributed by atoms with Crippen molar-refractivity contribution < 1.29 is 59.5 Å². The summed E-state index contributed by atoms with van der Waals surface area (Å²) in [5.74, 6) is -3.42. The maximum Gasteiger partial charge on any atom is 0.339 e. The summed E-state index contributed by atoms with van der Waals surface area (Å²) in [6.45, 7) is 3.50. The van der Waals surface area contributed by atoms with Crippen LogP contribution in [0.25, 0.3) is 0 Å². The third-order valence-corrected chi connectivity index (χ3v) is 8.17. The number of aliphatic hydroxyl groups excluding tert-OH is 4. The molecule has 5 atom stereocenters. The van der Waals surface area contributed by atoms with Gasteiger partial charge in [-0.2, -0.15) is 0 Å². The molecule has 3 rings (SSSR count). The van der Waals surface area contributed by atoms with E-state index in [4.69, 9.17) is 14.2 Å². The van der Waals surface area contributed by atoms with Crippen molar-refractivity contribution in [3.8, 4) is 23.0 Å². The molecule has 0 spiro atoms. The molecule has 0 bridgehead atoms. The predicted octanol–water partition coefficient (Wildman–Crippen LogP) is 4.79. The predicted molar refractivity (Wildman–Crippen MR) is 168 cm³/mol. The van der Waals surface area contributed by atoms with Gasteiger partial charge in [-0.05, 0) is 48.9 Å². The van der Waals surface area contributed by atoms with Gasteiger partial charge < -0.3 is 50.0 Å². The molecule has 1 aliphatic heterocycles. The smallest absolute Gasteiger partial charge is 0.339 e. The van der Waals surface area contributed by atoms with E-state index >= 15 is 0 Å². The number of phenolic OH excluding ortho intramolecular Hbond substituents is 1. The molecule has 7 N–H and O–H groups in total. The minimum atomic E-state index is -1.72. The van der Waals surface area contributed by atoms with Gasteiger partial charge in [0.2, 0.25) is 6.29 Å². The maximum atomic E-state index is 12.6. The summed E-state index contributed by atoms with van der Waals surface area (Å²) in [5, 5.41) is 71.5. The molecular formula is C34H48O12. The molecule has 12 heteroatoms. The number of carboxylic acid groups (broad SMARTS) is 2. The third-order valence-electron chi connectivity index (χ3n) is 8.17. The number of aliphatic hydroxyl groups is 4. The van der Waals surface area contributed by atoms with E-state index in [1.165, 1.54) is 18.2 Å². The van der Waals surface area contributed by atoms with Crippen molar-refractivity contribution in [2.24, 2.45) is 0 Å². The topological polar surface area (TPSA) is 203 Å². The molecule has 12 nitrogen and oxygen atoms in total. The fourth-order valence-corrected chi connectivity index (χ4v) is 5.67. The van der Waals surface area contributed by atoms with Gasteiger partial charge >= 0.3 is 11.9 Å². The molecule has 0 amide bonds. The number of hydrogen-bond acceptors (Lipinski definition) is 10. The highest BCUT2D eigenvalue weighted by atomic mass is 16.7. The Bertz CT molecular complexity index is 1290. The van der Waals surface area contributed by atoms with Crippen molar-refractivity contribution in [2.75, 3.05) is 6.61 Å². The van der Waals surface area contributed by atoms with Crippen molar-refractivity contribution in [1.82, 2.24) is 0 Å². The first-order valence-electron chi connectivity index (χ1n) is 16.2. The van der Waals surface area contributed by atoms with Crippen molar-refractivity contribution in [3.05, 3.63) is 46.5 Å². The number of aryl methyl sites for hydroxylation is 2. The number of unbranched alkanes of at least 4 members (excludes halogenated alkanes) is 8. The first-order chi connectivity index (χ1) is 22.0. The molecular weight excluding hydrogens is 600 g/mol. The molecule has 2 aromatic rings. The molecule has 0 saturated carbocycles. The Hall–Kier alpha value is -3.42. The lowest BCUT2D eigenvalue weighted by molar-refractivity contribution is -0.277. The Balaban J connectivity index is 2.05. The molecule has 1 heterocycles. The summed E-state index contributed by atoms with van der Waals surface area (Å²) < 4.78 is 17.3. The number of hydrogen-bond donors (Lipinski definition) is 7. The zero-order valence-electron chi connectivity index (χ0n) is 26.6. The number of carbonyl (C=O) groups is 2. The van der Waals surface area contributed by atoms with E-state index < -0.39 is 49.3 Å². The van der Waals surface area contributed by atoms with Crippen LogP contribution < -0.4 is 9.47 Å². The number of rotatable bonds is 19. The second-order valence-corrected chi connectivity index (χ2v) is 11.8. The SMILES string of the molecule is CCCCCCCc1cc(O)cc(Oc2cc(O[C@@H]3O[C@H](CO)[C@@H](O)[C@H](O)[C@H]3O)cc(CCCCCCC)c2C(=O)O)c1C(=O)O. The van der Waals surface area contributed by atoms with Crippen molar-refractivity contribution in [1.29, 1.82) is 0 Å². The number of aromatic hydroxyl groups is 1. The lowest BCUT2D eigenvalue weighted by Crippen LogP contribution is -2.60. The average Bonchev–Trinajstić information content (AvgIpc) is 3.00. The van der Waals surface area contributed by atoms with Gasteiger partial charge in [-0.3, -0.25) is 0 Å². The van der Waals surface area contributed by atoms with Crippen LogP contribution in [0.4, 0.5) is 0 Å². The first-order valence-corrected chi connectivity index (χ1v) is 16.2. The van der Waals surface area contributed by atoms with E-state index in [2.05, 4.69) is 13.8 Å². The molecule has 1 saturated heterocycles. The molecule has 1 aliphatic rings. The monoisotopic (exact) mass is 648 g/mol. The summed E-state index contributed by atoms with van der Waals surface area (Å²) in [6, 6.07) is 5.13. The molecule has 0 unspecified atom stereocenters. The minimum Gasteiger partial charge on any atom is -0.508 e. The number of benzene rings is 2.